The van der Waals surface area contributed by atoms with Crippen molar-refractivity contribution in [3.63, 3.8) is 0 Å². The number of carbonyl (C=O) groups is 1. The van der Waals surface area contributed by atoms with Gasteiger partial charge in [0.1, 0.15) is 6.54 Å². The smallest absolute Gasteiger partial charge is 0.264 e. The summed E-state index contributed by atoms with van der Waals surface area (Å²) >= 11 is 0. The molecule has 0 radical (unpaired) electrons. The Morgan fingerprint density at radius 3 is 1.73 bits per heavy atom. The molecule has 0 heterocycles. The van der Waals surface area contributed by atoms with E-state index in [9.17, 15) is 13.2 Å². The van der Waals surface area contributed by atoms with E-state index in [4.69, 9.17) is 0 Å². The first-order chi connectivity index (χ1) is 17.8. The van der Waals surface area contributed by atoms with E-state index in [1.807, 2.05) is 79.7 Å². The lowest BCUT2D eigenvalue weighted by molar-refractivity contribution is -0.120. The molecule has 37 heavy (non-hydrogen) atoms. The van der Waals surface area contributed by atoms with Crippen molar-refractivity contribution in [2.45, 2.75) is 37.6 Å². The van der Waals surface area contributed by atoms with Crippen LogP contribution in [-0.4, -0.2) is 20.9 Å². The van der Waals surface area contributed by atoms with Gasteiger partial charge in [-0.05, 0) is 53.8 Å². The molecule has 0 aliphatic heterocycles. The van der Waals surface area contributed by atoms with Gasteiger partial charge in [0.25, 0.3) is 10.0 Å². The summed E-state index contributed by atoms with van der Waals surface area (Å²) in [5.74, 6) is -0.0988. The molecule has 6 heteroatoms. The molecular formula is C31H32N2O3S. The second-order valence-electron chi connectivity index (χ2n) is 9.39. The van der Waals surface area contributed by atoms with E-state index in [1.54, 1.807) is 36.4 Å². The van der Waals surface area contributed by atoms with Crippen molar-refractivity contribution < 1.29 is 13.2 Å². The number of anilines is 1. The molecule has 0 aromatic heterocycles. The third-order valence-electron chi connectivity index (χ3n) is 6.32. The van der Waals surface area contributed by atoms with Crippen molar-refractivity contribution >= 4 is 21.6 Å². The lowest BCUT2D eigenvalue weighted by Gasteiger charge is -2.26. The highest BCUT2D eigenvalue weighted by molar-refractivity contribution is 7.92. The first-order valence-electron chi connectivity index (χ1n) is 12.3. The lowest BCUT2D eigenvalue weighted by Crippen LogP contribution is -2.42. The fraction of sp³-hybridized carbons (Fsp3) is 0.194. The number of sulfonamides is 1. The third kappa shape index (κ3) is 6.27. The van der Waals surface area contributed by atoms with E-state index in [0.717, 1.165) is 22.3 Å². The van der Waals surface area contributed by atoms with Crippen LogP contribution in [0.25, 0.3) is 0 Å². The minimum absolute atomic E-state index is 0.140. The number of nitrogens with one attached hydrogen (secondary N) is 1. The van der Waals surface area contributed by atoms with Crippen LogP contribution < -0.4 is 9.62 Å². The molecule has 5 nitrogen and oxygen atoms in total. The highest BCUT2D eigenvalue weighted by Gasteiger charge is 2.28. The van der Waals surface area contributed by atoms with Gasteiger partial charge in [0, 0.05) is 0 Å². The van der Waals surface area contributed by atoms with Gasteiger partial charge in [0.2, 0.25) is 5.91 Å². The lowest BCUT2D eigenvalue weighted by atomic mass is 9.99. The van der Waals surface area contributed by atoms with Crippen molar-refractivity contribution in [3.8, 4) is 0 Å². The van der Waals surface area contributed by atoms with Crippen LogP contribution in [-0.2, 0) is 14.8 Å². The molecule has 0 aliphatic rings. The van der Waals surface area contributed by atoms with Gasteiger partial charge >= 0.3 is 0 Å². The molecule has 0 unspecified atom stereocenters. The Balaban J connectivity index is 1.68. The predicted octanol–water partition coefficient (Wildman–Crippen LogP) is 6.22. The Kier molecular flexibility index (Phi) is 8.09. The number of rotatable bonds is 9. The molecule has 0 bridgehead atoms. The maximum absolute atomic E-state index is 13.8. The number of benzene rings is 4. The van der Waals surface area contributed by atoms with Gasteiger partial charge in [-0.15, -0.1) is 0 Å². The Hall–Kier alpha value is -3.90. The van der Waals surface area contributed by atoms with Crippen LogP contribution in [0.5, 0.6) is 0 Å². The summed E-state index contributed by atoms with van der Waals surface area (Å²) in [6, 6.07) is 32.9. The predicted molar refractivity (Wildman–Crippen MR) is 149 cm³/mol. The summed E-state index contributed by atoms with van der Waals surface area (Å²) in [6.07, 6.45) is 0. The molecule has 1 N–H and O–H groups in total. The zero-order valence-electron chi connectivity index (χ0n) is 21.3. The van der Waals surface area contributed by atoms with Crippen LogP contribution in [0.2, 0.25) is 0 Å². The molecule has 0 saturated carbocycles. The Morgan fingerprint density at radius 2 is 1.24 bits per heavy atom. The molecule has 4 rings (SSSR count). The summed E-state index contributed by atoms with van der Waals surface area (Å²) in [7, 11) is -3.99. The van der Waals surface area contributed by atoms with Gasteiger partial charge in [-0.2, -0.15) is 0 Å². The normalized spacial score (nSPS) is 11.5. The van der Waals surface area contributed by atoms with Crippen molar-refractivity contribution in [2.75, 3.05) is 10.8 Å². The number of hydrogen-bond acceptors (Lipinski definition) is 3. The fourth-order valence-electron chi connectivity index (χ4n) is 4.17. The van der Waals surface area contributed by atoms with Crippen molar-refractivity contribution in [3.05, 3.63) is 131 Å². The molecule has 0 atom stereocenters. The van der Waals surface area contributed by atoms with Gasteiger partial charge in [-0.25, -0.2) is 8.42 Å². The summed E-state index contributed by atoms with van der Waals surface area (Å²) in [4.78, 5) is 13.6. The zero-order valence-corrected chi connectivity index (χ0v) is 22.2. The topological polar surface area (TPSA) is 66.5 Å². The average molecular weight is 513 g/mol. The minimum Gasteiger partial charge on any atom is -0.344 e. The van der Waals surface area contributed by atoms with E-state index in [2.05, 4.69) is 19.2 Å². The van der Waals surface area contributed by atoms with Gasteiger partial charge in [-0.1, -0.05) is 104 Å². The largest absolute Gasteiger partial charge is 0.344 e. The summed E-state index contributed by atoms with van der Waals surface area (Å²) < 4.78 is 28.7. The number of amides is 1. The van der Waals surface area contributed by atoms with E-state index < -0.39 is 22.0 Å². The highest BCUT2D eigenvalue weighted by atomic mass is 32.2. The number of carbonyl (C=O) groups excluding carboxylic acids is 1. The van der Waals surface area contributed by atoms with Crippen molar-refractivity contribution in [2.24, 2.45) is 0 Å². The standard InChI is InChI=1S/C31H32N2O3S/c1-23(2)25-16-18-28(19-17-25)33(37(35,36)29-20-14-24(3)15-21-29)22-30(34)32-31(26-10-6-4-7-11-26)27-12-8-5-9-13-27/h4-21,23,31H,22H2,1-3H3,(H,32,34). The monoisotopic (exact) mass is 512 g/mol. The summed E-state index contributed by atoms with van der Waals surface area (Å²) in [5.41, 5.74) is 4.32. The third-order valence-corrected chi connectivity index (χ3v) is 8.10. The van der Waals surface area contributed by atoms with Gasteiger partial charge in [-0.3, -0.25) is 9.10 Å². The molecule has 1 amide bonds. The summed E-state index contributed by atoms with van der Waals surface area (Å²) in [6.45, 7) is 5.71. The molecule has 4 aromatic rings. The van der Waals surface area contributed by atoms with Crippen LogP contribution in [0.1, 0.15) is 48.1 Å². The number of nitrogens with zero attached hydrogens (tertiary/aromatic N) is 1. The SMILES string of the molecule is Cc1ccc(S(=O)(=O)N(CC(=O)NC(c2ccccc2)c2ccccc2)c2ccc(C(C)C)cc2)cc1. The van der Waals surface area contributed by atoms with Crippen LogP contribution >= 0.6 is 0 Å². The Bertz CT molecular complexity index is 1380. The molecule has 0 fully saturated rings. The molecular weight excluding hydrogens is 480 g/mol. The quantitative estimate of drug-likeness (QED) is 0.290. The van der Waals surface area contributed by atoms with Gasteiger partial charge in [0.15, 0.2) is 0 Å². The van der Waals surface area contributed by atoms with E-state index in [1.165, 1.54) is 4.31 Å². The van der Waals surface area contributed by atoms with E-state index in [0.29, 0.717) is 11.6 Å². The van der Waals surface area contributed by atoms with Crippen molar-refractivity contribution in [1.82, 2.24) is 5.32 Å². The Labute approximate surface area is 219 Å². The maximum atomic E-state index is 13.8. The van der Waals surface area contributed by atoms with Crippen molar-refractivity contribution in [1.29, 1.82) is 0 Å². The molecule has 0 spiro atoms. The second kappa shape index (κ2) is 11.4. The molecule has 4 aromatic carbocycles. The van der Waals surface area contributed by atoms with E-state index in [-0.39, 0.29) is 11.4 Å². The summed E-state index contributed by atoms with van der Waals surface area (Å²) in [5, 5.41) is 3.07. The van der Waals surface area contributed by atoms with Crippen LogP contribution in [0.3, 0.4) is 0 Å². The fourth-order valence-corrected chi connectivity index (χ4v) is 5.59. The molecule has 190 valence electrons. The van der Waals surface area contributed by atoms with Crippen LogP contribution in [0.4, 0.5) is 5.69 Å². The number of hydrogen-bond donors (Lipinski definition) is 1. The minimum atomic E-state index is -3.99. The van der Waals surface area contributed by atoms with Crippen LogP contribution in [0, 0.1) is 6.92 Å². The maximum Gasteiger partial charge on any atom is 0.264 e. The second-order valence-corrected chi connectivity index (χ2v) is 11.3. The molecule has 0 saturated heterocycles. The first kappa shape index (κ1) is 26.2. The average Bonchev–Trinajstić information content (AvgIpc) is 2.91. The highest BCUT2D eigenvalue weighted by Crippen LogP contribution is 2.27. The molecule has 0 aliphatic carbocycles. The van der Waals surface area contributed by atoms with Gasteiger partial charge in [0.05, 0.1) is 16.6 Å². The Morgan fingerprint density at radius 1 is 0.730 bits per heavy atom. The van der Waals surface area contributed by atoms with Crippen LogP contribution in [0.15, 0.2) is 114 Å². The van der Waals surface area contributed by atoms with Gasteiger partial charge < -0.3 is 5.32 Å². The van der Waals surface area contributed by atoms with E-state index >= 15 is 0 Å². The number of aryl methyl sites for hydroxylation is 1. The zero-order chi connectivity index (χ0) is 26.4. The first-order valence-corrected chi connectivity index (χ1v) is 13.8.